The molecule has 1 N–H and O–H groups in total. The zero-order chi connectivity index (χ0) is 24.3. The number of anilines is 2. The van der Waals surface area contributed by atoms with Crippen LogP contribution in [-0.4, -0.2) is 44.4 Å². The molecule has 1 aliphatic heterocycles. The van der Waals surface area contributed by atoms with E-state index in [1.807, 2.05) is 67.6 Å². The minimum Gasteiger partial charge on any atom is -0.467 e. The second-order valence-electron chi connectivity index (χ2n) is 8.34. The second-order valence-corrected chi connectivity index (χ2v) is 8.34. The van der Waals surface area contributed by atoms with Gasteiger partial charge in [0.1, 0.15) is 28.9 Å². The third-order valence-electron chi connectivity index (χ3n) is 5.96. The molecule has 0 unspecified atom stereocenters. The maximum atomic E-state index is 11.9. The van der Waals surface area contributed by atoms with Crippen molar-refractivity contribution < 1.29 is 14.3 Å². The van der Waals surface area contributed by atoms with Crippen molar-refractivity contribution in [2.75, 3.05) is 18.4 Å². The van der Waals surface area contributed by atoms with Crippen LogP contribution < -0.4 is 14.8 Å². The molecule has 1 aliphatic rings. The number of pyridine rings is 1. The van der Waals surface area contributed by atoms with E-state index in [0.29, 0.717) is 35.8 Å². The Bertz CT molecular complexity index is 1350. The van der Waals surface area contributed by atoms with Gasteiger partial charge in [0.15, 0.2) is 5.82 Å². The summed E-state index contributed by atoms with van der Waals surface area (Å²) >= 11 is 0. The number of para-hydroxylation sites is 1. The average molecular weight is 468 g/mol. The fourth-order valence-corrected chi connectivity index (χ4v) is 3.95. The van der Waals surface area contributed by atoms with E-state index in [-0.39, 0.29) is 5.91 Å². The number of ether oxygens (including phenoxy) is 2. The predicted molar refractivity (Wildman–Crippen MR) is 134 cm³/mol. The van der Waals surface area contributed by atoms with Crippen LogP contribution in [0.5, 0.6) is 17.4 Å². The number of fused-ring (bicyclic) bond motifs is 1. The molecule has 2 aromatic carbocycles. The summed E-state index contributed by atoms with van der Waals surface area (Å²) in [7, 11) is 0. The van der Waals surface area contributed by atoms with Crippen molar-refractivity contribution in [3.8, 4) is 17.4 Å². The first-order valence-electron chi connectivity index (χ1n) is 11.4. The molecule has 8 nitrogen and oxygen atoms in total. The first-order chi connectivity index (χ1) is 17.1. The molecule has 0 atom stereocenters. The normalized spacial score (nSPS) is 14.1. The van der Waals surface area contributed by atoms with E-state index in [0.717, 1.165) is 23.6 Å². The SMILES string of the molecule is C=CC(=O)N1CC(CC)(Oc2ccc3ncnc(Nc4ccc(Oc5ccccc5)cc4)c3n2)C1. The summed E-state index contributed by atoms with van der Waals surface area (Å²) in [6.07, 6.45) is 3.57. The minimum absolute atomic E-state index is 0.0933. The predicted octanol–water partition coefficient (Wildman–Crippen LogP) is 5.12. The number of amides is 1. The van der Waals surface area contributed by atoms with Crippen LogP contribution in [0.4, 0.5) is 11.5 Å². The number of rotatable bonds is 8. The lowest BCUT2D eigenvalue weighted by atomic mass is 9.90. The van der Waals surface area contributed by atoms with Crippen LogP contribution in [-0.2, 0) is 4.79 Å². The number of aromatic nitrogens is 3. The lowest BCUT2D eigenvalue weighted by molar-refractivity contribution is -0.146. The number of likely N-dealkylation sites (tertiary alicyclic amines) is 1. The molecular formula is C27H25N5O3. The highest BCUT2D eigenvalue weighted by Crippen LogP contribution is 2.32. The van der Waals surface area contributed by atoms with Crippen molar-refractivity contribution in [1.29, 1.82) is 0 Å². The number of carbonyl (C=O) groups is 1. The second kappa shape index (κ2) is 9.42. The Labute approximate surface area is 203 Å². The summed E-state index contributed by atoms with van der Waals surface area (Å²) in [4.78, 5) is 27.0. The largest absolute Gasteiger partial charge is 0.467 e. The summed E-state index contributed by atoms with van der Waals surface area (Å²) in [5, 5.41) is 3.31. The van der Waals surface area contributed by atoms with Gasteiger partial charge in [0.25, 0.3) is 0 Å². The van der Waals surface area contributed by atoms with Gasteiger partial charge in [0.2, 0.25) is 11.8 Å². The van der Waals surface area contributed by atoms with Gasteiger partial charge in [0, 0.05) is 11.8 Å². The number of nitrogens with zero attached hydrogens (tertiary/aromatic N) is 4. The molecule has 1 saturated heterocycles. The van der Waals surface area contributed by atoms with E-state index in [1.165, 1.54) is 12.4 Å². The Morgan fingerprint density at radius 1 is 1.06 bits per heavy atom. The molecule has 0 aliphatic carbocycles. The smallest absolute Gasteiger partial charge is 0.246 e. The van der Waals surface area contributed by atoms with Crippen LogP contribution in [0.25, 0.3) is 11.0 Å². The zero-order valence-electron chi connectivity index (χ0n) is 19.3. The minimum atomic E-state index is -0.461. The third kappa shape index (κ3) is 4.77. The van der Waals surface area contributed by atoms with Crippen LogP contribution >= 0.6 is 0 Å². The van der Waals surface area contributed by atoms with E-state index >= 15 is 0 Å². The summed E-state index contributed by atoms with van der Waals surface area (Å²) in [6, 6.07) is 20.9. The van der Waals surface area contributed by atoms with E-state index in [2.05, 4.69) is 21.9 Å². The highest BCUT2D eigenvalue weighted by atomic mass is 16.5. The van der Waals surface area contributed by atoms with Crippen molar-refractivity contribution >= 4 is 28.4 Å². The number of hydrogen-bond acceptors (Lipinski definition) is 7. The Morgan fingerprint density at radius 3 is 2.51 bits per heavy atom. The maximum Gasteiger partial charge on any atom is 0.246 e. The van der Waals surface area contributed by atoms with Crippen molar-refractivity contribution in [2.24, 2.45) is 0 Å². The molecule has 4 aromatic rings. The van der Waals surface area contributed by atoms with E-state index in [9.17, 15) is 4.79 Å². The maximum absolute atomic E-state index is 11.9. The average Bonchev–Trinajstić information content (AvgIpc) is 2.87. The molecule has 3 heterocycles. The van der Waals surface area contributed by atoms with Gasteiger partial charge < -0.3 is 19.7 Å². The van der Waals surface area contributed by atoms with Gasteiger partial charge in [-0.1, -0.05) is 31.7 Å². The summed E-state index contributed by atoms with van der Waals surface area (Å²) < 4.78 is 12.1. The fraction of sp³-hybridized carbons (Fsp3) is 0.185. The Kier molecular flexibility index (Phi) is 6.01. The Hall–Kier alpha value is -4.46. The molecule has 0 bridgehead atoms. The molecular weight excluding hydrogens is 442 g/mol. The highest BCUT2D eigenvalue weighted by Gasteiger charge is 2.45. The molecule has 2 aromatic heterocycles. The fourth-order valence-electron chi connectivity index (χ4n) is 3.95. The first-order valence-corrected chi connectivity index (χ1v) is 11.4. The third-order valence-corrected chi connectivity index (χ3v) is 5.96. The molecule has 1 fully saturated rings. The van der Waals surface area contributed by atoms with Gasteiger partial charge in [-0.05, 0) is 55.0 Å². The summed E-state index contributed by atoms with van der Waals surface area (Å²) in [5.41, 5.74) is 1.67. The standard InChI is InChI=1S/C27H25N5O3/c1-3-24(33)32-16-27(4-2,17-32)35-23-15-14-22-25(31-23)26(29-18-28-22)30-19-10-12-21(13-11-19)34-20-8-6-5-7-9-20/h3,5-15,18H,1,4,16-17H2,2H3,(H,28,29,30). The van der Waals surface area contributed by atoms with Gasteiger partial charge in [-0.3, -0.25) is 4.79 Å². The molecule has 35 heavy (non-hydrogen) atoms. The van der Waals surface area contributed by atoms with Crippen molar-refractivity contribution in [3.05, 3.63) is 85.7 Å². The Morgan fingerprint density at radius 2 is 1.80 bits per heavy atom. The monoisotopic (exact) mass is 467 g/mol. The lowest BCUT2D eigenvalue weighted by Gasteiger charge is -2.48. The molecule has 8 heteroatoms. The van der Waals surface area contributed by atoms with Crippen LogP contribution in [0.3, 0.4) is 0 Å². The van der Waals surface area contributed by atoms with Crippen LogP contribution in [0.1, 0.15) is 13.3 Å². The molecule has 0 saturated carbocycles. The van der Waals surface area contributed by atoms with Crippen LogP contribution in [0, 0.1) is 0 Å². The Balaban J connectivity index is 1.33. The molecule has 5 rings (SSSR count). The van der Waals surface area contributed by atoms with Crippen molar-refractivity contribution in [2.45, 2.75) is 18.9 Å². The molecule has 0 spiro atoms. The van der Waals surface area contributed by atoms with Gasteiger partial charge in [-0.15, -0.1) is 0 Å². The van der Waals surface area contributed by atoms with Crippen molar-refractivity contribution in [1.82, 2.24) is 19.9 Å². The van der Waals surface area contributed by atoms with E-state index < -0.39 is 5.60 Å². The van der Waals surface area contributed by atoms with Crippen LogP contribution in [0.2, 0.25) is 0 Å². The van der Waals surface area contributed by atoms with Gasteiger partial charge >= 0.3 is 0 Å². The quantitative estimate of drug-likeness (QED) is 0.360. The highest BCUT2D eigenvalue weighted by molar-refractivity contribution is 5.88. The molecule has 0 radical (unpaired) electrons. The van der Waals surface area contributed by atoms with E-state index in [4.69, 9.17) is 14.5 Å². The van der Waals surface area contributed by atoms with Crippen LogP contribution in [0.15, 0.2) is 85.7 Å². The lowest BCUT2D eigenvalue weighted by Crippen LogP contribution is -2.66. The zero-order valence-corrected chi connectivity index (χ0v) is 19.3. The number of carbonyl (C=O) groups excluding carboxylic acids is 1. The number of nitrogens with one attached hydrogen (secondary N) is 1. The van der Waals surface area contributed by atoms with Gasteiger partial charge in [-0.25, -0.2) is 15.0 Å². The molecule has 1 amide bonds. The molecule has 176 valence electrons. The summed E-state index contributed by atoms with van der Waals surface area (Å²) in [6.45, 7) is 6.59. The number of hydrogen-bond donors (Lipinski definition) is 1. The number of benzene rings is 2. The van der Waals surface area contributed by atoms with Gasteiger partial charge in [-0.2, -0.15) is 0 Å². The van der Waals surface area contributed by atoms with Gasteiger partial charge in [0.05, 0.1) is 18.6 Å². The summed E-state index contributed by atoms with van der Waals surface area (Å²) in [5.74, 6) is 2.45. The topological polar surface area (TPSA) is 89.5 Å². The van der Waals surface area contributed by atoms with Crippen molar-refractivity contribution in [3.63, 3.8) is 0 Å². The first kappa shape index (κ1) is 22.3. The van der Waals surface area contributed by atoms with E-state index in [1.54, 1.807) is 11.0 Å².